The third-order valence-corrected chi connectivity index (χ3v) is 4.75. The predicted molar refractivity (Wildman–Crippen MR) is 93.8 cm³/mol. The molecule has 2 aliphatic rings. The maximum atomic E-state index is 12.4. The fraction of sp³-hybridized carbons (Fsp3) is 0.556. The highest BCUT2D eigenvalue weighted by molar-refractivity contribution is 5.89. The highest BCUT2D eigenvalue weighted by Crippen LogP contribution is 2.18. The molecule has 0 N–H and O–H groups in total. The Labute approximate surface area is 148 Å². The number of nitrogens with zero attached hydrogens (tertiary/aromatic N) is 3. The predicted octanol–water partition coefficient (Wildman–Crippen LogP) is 0.454. The Kier molecular flexibility index (Phi) is 5.88. The fourth-order valence-corrected chi connectivity index (χ4v) is 3.19. The van der Waals surface area contributed by atoms with Crippen LogP contribution in [0.4, 0.5) is 5.69 Å². The number of benzene rings is 1. The quantitative estimate of drug-likeness (QED) is 0.737. The van der Waals surface area contributed by atoms with Gasteiger partial charge in [-0.25, -0.2) is 4.79 Å². The van der Waals surface area contributed by atoms with Crippen LogP contribution in [0.3, 0.4) is 0 Å². The Balaban J connectivity index is 1.49. The maximum absolute atomic E-state index is 12.4. The van der Waals surface area contributed by atoms with Gasteiger partial charge in [0.15, 0.2) is 0 Å². The molecule has 0 bridgehead atoms. The summed E-state index contributed by atoms with van der Waals surface area (Å²) >= 11 is 0. The van der Waals surface area contributed by atoms with E-state index in [9.17, 15) is 9.59 Å². The van der Waals surface area contributed by atoms with Crippen molar-refractivity contribution in [3.05, 3.63) is 29.8 Å². The van der Waals surface area contributed by atoms with E-state index in [0.29, 0.717) is 25.3 Å². The number of piperazine rings is 1. The number of hydrogen-bond acceptors (Lipinski definition) is 6. The van der Waals surface area contributed by atoms with Crippen molar-refractivity contribution in [1.82, 2.24) is 9.80 Å². The molecule has 7 heteroatoms. The summed E-state index contributed by atoms with van der Waals surface area (Å²) in [5.41, 5.74) is 1.61. The Morgan fingerprint density at radius 1 is 1.00 bits per heavy atom. The second kappa shape index (κ2) is 8.31. The summed E-state index contributed by atoms with van der Waals surface area (Å²) in [6.07, 6.45) is 0. The van der Waals surface area contributed by atoms with Crippen LogP contribution in [0.25, 0.3) is 0 Å². The Morgan fingerprint density at radius 2 is 1.64 bits per heavy atom. The topological polar surface area (TPSA) is 62.3 Å². The molecule has 3 rings (SSSR count). The number of esters is 1. The minimum Gasteiger partial charge on any atom is -0.465 e. The van der Waals surface area contributed by atoms with Gasteiger partial charge in [0.25, 0.3) is 0 Å². The van der Waals surface area contributed by atoms with E-state index in [1.54, 1.807) is 12.1 Å². The van der Waals surface area contributed by atoms with Crippen LogP contribution in [-0.4, -0.2) is 87.8 Å². The molecule has 0 aromatic heterocycles. The van der Waals surface area contributed by atoms with E-state index in [0.717, 1.165) is 45.0 Å². The van der Waals surface area contributed by atoms with Crippen molar-refractivity contribution < 1.29 is 19.1 Å². The van der Waals surface area contributed by atoms with Gasteiger partial charge in [0.1, 0.15) is 0 Å². The van der Waals surface area contributed by atoms with Crippen molar-refractivity contribution in [2.45, 2.75) is 0 Å². The van der Waals surface area contributed by atoms with Crippen LogP contribution in [0, 0.1) is 0 Å². The minimum absolute atomic E-state index is 0.197. The van der Waals surface area contributed by atoms with Gasteiger partial charge in [-0.15, -0.1) is 0 Å². The molecule has 1 aromatic carbocycles. The van der Waals surface area contributed by atoms with Crippen LogP contribution in [0.5, 0.6) is 0 Å². The summed E-state index contributed by atoms with van der Waals surface area (Å²) in [7, 11) is 1.38. The van der Waals surface area contributed by atoms with E-state index in [2.05, 4.69) is 9.80 Å². The van der Waals surface area contributed by atoms with Crippen LogP contribution in [0.2, 0.25) is 0 Å². The standard InChI is InChI=1S/C18H25N3O4/c1-24-18(23)15-2-4-16(5-3-15)20-6-8-21(9-7-20)17(22)14-19-10-12-25-13-11-19/h2-5H,6-14H2,1H3. The molecule has 2 saturated heterocycles. The molecule has 136 valence electrons. The molecule has 7 nitrogen and oxygen atoms in total. The Morgan fingerprint density at radius 3 is 2.24 bits per heavy atom. The molecule has 2 aliphatic heterocycles. The zero-order valence-corrected chi connectivity index (χ0v) is 14.6. The van der Waals surface area contributed by atoms with Crippen LogP contribution in [0.15, 0.2) is 24.3 Å². The van der Waals surface area contributed by atoms with E-state index < -0.39 is 0 Å². The number of carbonyl (C=O) groups excluding carboxylic acids is 2. The lowest BCUT2D eigenvalue weighted by molar-refractivity contribution is -0.133. The molecule has 0 unspecified atom stereocenters. The van der Waals surface area contributed by atoms with Crippen molar-refractivity contribution in [2.24, 2.45) is 0 Å². The van der Waals surface area contributed by atoms with E-state index in [4.69, 9.17) is 9.47 Å². The summed E-state index contributed by atoms with van der Waals surface area (Å²) in [5, 5.41) is 0. The van der Waals surface area contributed by atoms with Crippen molar-refractivity contribution in [1.29, 1.82) is 0 Å². The second-order valence-corrected chi connectivity index (χ2v) is 6.29. The van der Waals surface area contributed by atoms with Crippen LogP contribution in [0.1, 0.15) is 10.4 Å². The largest absolute Gasteiger partial charge is 0.465 e. The van der Waals surface area contributed by atoms with Gasteiger partial charge in [-0.05, 0) is 24.3 Å². The number of carbonyl (C=O) groups is 2. The number of amides is 1. The molecular weight excluding hydrogens is 322 g/mol. The van der Waals surface area contributed by atoms with Crippen molar-refractivity contribution in [2.75, 3.05) is 71.0 Å². The smallest absolute Gasteiger partial charge is 0.337 e. The van der Waals surface area contributed by atoms with Gasteiger partial charge < -0.3 is 19.3 Å². The summed E-state index contributed by atoms with van der Waals surface area (Å²) in [6.45, 7) is 6.61. The summed E-state index contributed by atoms with van der Waals surface area (Å²) in [4.78, 5) is 30.3. The van der Waals surface area contributed by atoms with Gasteiger partial charge in [0.05, 0.1) is 32.4 Å². The van der Waals surface area contributed by atoms with Crippen LogP contribution < -0.4 is 4.90 Å². The summed E-state index contributed by atoms with van der Waals surface area (Å²) < 4.78 is 10.0. The van der Waals surface area contributed by atoms with Gasteiger partial charge in [-0.2, -0.15) is 0 Å². The Hall–Kier alpha value is -2.12. The number of methoxy groups -OCH3 is 1. The van der Waals surface area contributed by atoms with E-state index in [1.807, 2.05) is 17.0 Å². The molecule has 0 aliphatic carbocycles. The van der Waals surface area contributed by atoms with Gasteiger partial charge in [0, 0.05) is 45.0 Å². The van der Waals surface area contributed by atoms with Gasteiger partial charge in [-0.3, -0.25) is 9.69 Å². The van der Waals surface area contributed by atoms with E-state index in [1.165, 1.54) is 7.11 Å². The maximum Gasteiger partial charge on any atom is 0.337 e. The van der Waals surface area contributed by atoms with Crippen molar-refractivity contribution >= 4 is 17.6 Å². The van der Waals surface area contributed by atoms with Gasteiger partial charge in [-0.1, -0.05) is 0 Å². The molecular formula is C18H25N3O4. The molecule has 2 fully saturated rings. The van der Waals surface area contributed by atoms with E-state index >= 15 is 0 Å². The SMILES string of the molecule is COC(=O)c1ccc(N2CCN(C(=O)CN3CCOCC3)CC2)cc1. The number of rotatable bonds is 4. The minimum atomic E-state index is -0.329. The number of hydrogen-bond donors (Lipinski definition) is 0. The second-order valence-electron chi connectivity index (χ2n) is 6.29. The van der Waals surface area contributed by atoms with Crippen molar-refractivity contribution in [3.63, 3.8) is 0 Å². The van der Waals surface area contributed by atoms with Gasteiger partial charge >= 0.3 is 5.97 Å². The first kappa shape index (κ1) is 17.7. The first-order valence-corrected chi connectivity index (χ1v) is 8.68. The Bertz CT molecular complexity index is 591. The fourth-order valence-electron chi connectivity index (χ4n) is 3.19. The van der Waals surface area contributed by atoms with Crippen LogP contribution in [-0.2, 0) is 14.3 Å². The molecule has 1 aromatic rings. The first-order valence-electron chi connectivity index (χ1n) is 8.68. The highest BCUT2D eigenvalue weighted by Gasteiger charge is 2.23. The van der Waals surface area contributed by atoms with E-state index in [-0.39, 0.29) is 11.9 Å². The monoisotopic (exact) mass is 347 g/mol. The lowest BCUT2D eigenvalue weighted by atomic mass is 10.2. The third-order valence-electron chi connectivity index (χ3n) is 4.75. The molecule has 0 spiro atoms. The molecule has 0 saturated carbocycles. The average molecular weight is 347 g/mol. The van der Waals surface area contributed by atoms with Gasteiger partial charge in [0.2, 0.25) is 5.91 Å². The average Bonchev–Trinajstić information content (AvgIpc) is 2.68. The third kappa shape index (κ3) is 4.49. The number of morpholine rings is 1. The molecule has 0 radical (unpaired) electrons. The molecule has 25 heavy (non-hydrogen) atoms. The summed E-state index contributed by atoms with van der Waals surface area (Å²) in [5.74, 6) is -0.132. The zero-order valence-electron chi connectivity index (χ0n) is 14.6. The molecule has 1 amide bonds. The van der Waals surface area contributed by atoms with Crippen LogP contribution >= 0.6 is 0 Å². The summed E-state index contributed by atoms with van der Waals surface area (Å²) in [6, 6.07) is 7.41. The molecule has 0 atom stereocenters. The highest BCUT2D eigenvalue weighted by atomic mass is 16.5. The van der Waals surface area contributed by atoms with Crippen molar-refractivity contribution in [3.8, 4) is 0 Å². The number of anilines is 1. The normalized spacial score (nSPS) is 18.9. The number of ether oxygens (including phenoxy) is 2. The molecule has 2 heterocycles. The first-order chi connectivity index (χ1) is 12.2. The lowest BCUT2D eigenvalue weighted by Gasteiger charge is -2.37. The lowest BCUT2D eigenvalue weighted by Crippen LogP contribution is -2.52. The zero-order chi connectivity index (χ0) is 17.6.